The van der Waals surface area contributed by atoms with Gasteiger partial charge in [0.25, 0.3) is 0 Å². The number of aromatic carboxylic acids is 1. The van der Waals surface area contributed by atoms with Crippen molar-refractivity contribution in [2.75, 3.05) is 13.1 Å². The Morgan fingerprint density at radius 2 is 1.94 bits per heavy atom. The number of carboxylic acids is 1. The highest BCUT2D eigenvalue weighted by Gasteiger charge is 2.35. The highest BCUT2D eigenvalue weighted by molar-refractivity contribution is 5.88. The number of rotatable bonds is 3. The van der Waals surface area contributed by atoms with Gasteiger partial charge in [0, 0.05) is 30.6 Å². The zero-order chi connectivity index (χ0) is 23.0. The predicted molar refractivity (Wildman–Crippen MR) is 115 cm³/mol. The molecule has 3 heterocycles. The molecular weight excluding hydrogens is 415 g/mol. The number of hydrogen-bond donors (Lipinski definition) is 1. The first-order valence-corrected chi connectivity index (χ1v) is 10.8. The molecule has 4 rings (SSSR count). The summed E-state index contributed by atoms with van der Waals surface area (Å²) in [6.07, 6.45) is 3.65. The highest BCUT2D eigenvalue weighted by Crippen LogP contribution is 2.37. The minimum absolute atomic E-state index is 0.0120. The Bertz CT molecular complexity index is 1040. The quantitative estimate of drug-likeness (QED) is 0.751. The standard InChI is InChI=1S/C24H27FN2O5/c1-24(2,3)32-23(30)27-8-6-14(7-9-27)20-12-16-11-19(26-13-21(16)31-20)17-5-4-15(22(28)29)10-18(17)25/h4-5,10-11,13-14,20H,6-9,12H2,1-3H3,(H,28,29). The molecule has 0 radical (unpaired) electrons. The van der Waals surface area contributed by atoms with E-state index in [2.05, 4.69) is 4.98 Å². The number of ether oxygens (including phenoxy) is 2. The summed E-state index contributed by atoms with van der Waals surface area (Å²) >= 11 is 0. The molecule has 170 valence electrons. The van der Waals surface area contributed by atoms with Crippen LogP contribution in [0.4, 0.5) is 9.18 Å². The predicted octanol–water partition coefficient (Wildman–Crippen LogP) is 4.54. The van der Waals surface area contributed by atoms with Crippen molar-refractivity contribution in [2.24, 2.45) is 5.92 Å². The van der Waals surface area contributed by atoms with E-state index in [4.69, 9.17) is 14.6 Å². The van der Waals surface area contributed by atoms with Gasteiger partial charge < -0.3 is 19.5 Å². The molecule has 1 aromatic carbocycles. The maximum Gasteiger partial charge on any atom is 0.410 e. The van der Waals surface area contributed by atoms with Gasteiger partial charge in [0.05, 0.1) is 17.5 Å². The third-order valence-corrected chi connectivity index (χ3v) is 5.86. The first-order chi connectivity index (χ1) is 15.1. The summed E-state index contributed by atoms with van der Waals surface area (Å²) in [4.78, 5) is 29.4. The first-order valence-electron chi connectivity index (χ1n) is 10.8. The van der Waals surface area contributed by atoms with Crippen LogP contribution >= 0.6 is 0 Å². The van der Waals surface area contributed by atoms with Crippen molar-refractivity contribution in [1.29, 1.82) is 0 Å². The molecule has 1 amide bonds. The van der Waals surface area contributed by atoms with Crippen molar-refractivity contribution < 1.29 is 28.6 Å². The Balaban J connectivity index is 1.40. The van der Waals surface area contributed by atoms with Gasteiger partial charge in [0.15, 0.2) is 0 Å². The lowest BCUT2D eigenvalue weighted by atomic mass is 9.89. The maximum absolute atomic E-state index is 14.4. The topological polar surface area (TPSA) is 89.0 Å². The van der Waals surface area contributed by atoms with E-state index in [1.54, 1.807) is 11.1 Å². The summed E-state index contributed by atoms with van der Waals surface area (Å²) in [6, 6.07) is 5.62. The lowest BCUT2D eigenvalue weighted by Crippen LogP contribution is -2.44. The normalized spacial score (nSPS) is 18.8. The van der Waals surface area contributed by atoms with E-state index in [1.165, 1.54) is 12.1 Å². The number of likely N-dealkylation sites (tertiary alicyclic amines) is 1. The minimum Gasteiger partial charge on any atom is -0.488 e. The largest absolute Gasteiger partial charge is 0.488 e. The van der Waals surface area contributed by atoms with Crippen LogP contribution in [0.1, 0.15) is 49.5 Å². The molecule has 1 N–H and O–H groups in total. The second-order valence-electron chi connectivity index (χ2n) is 9.34. The van der Waals surface area contributed by atoms with Crippen molar-refractivity contribution in [2.45, 2.75) is 51.7 Å². The van der Waals surface area contributed by atoms with Gasteiger partial charge in [0.2, 0.25) is 0 Å². The number of carbonyl (C=O) groups excluding carboxylic acids is 1. The molecule has 1 unspecified atom stereocenters. The van der Waals surface area contributed by atoms with Gasteiger partial charge in [-0.1, -0.05) is 0 Å². The van der Waals surface area contributed by atoms with Crippen LogP contribution < -0.4 is 4.74 Å². The number of piperidine rings is 1. The van der Waals surface area contributed by atoms with Crippen LogP contribution in [0.3, 0.4) is 0 Å². The van der Waals surface area contributed by atoms with Crippen molar-refractivity contribution in [3.63, 3.8) is 0 Å². The van der Waals surface area contributed by atoms with Gasteiger partial charge in [-0.05, 0) is 63.8 Å². The van der Waals surface area contributed by atoms with E-state index in [9.17, 15) is 14.0 Å². The molecule has 0 saturated carbocycles. The Kier molecular flexibility index (Phi) is 5.79. The average molecular weight is 442 g/mol. The van der Waals surface area contributed by atoms with Gasteiger partial charge in [-0.2, -0.15) is 0 Å². The number of amides is 1. The molecule has 1 fully saturated rings. The smallest absolute Gasteiger partial charge is 0.410 e. The molecule has 2 aliphatic rings. The lowest BCUT2D eigenvalue weighted by Gasteiger charge is -2.35. The van der Waals surface area contributed by atoms with Crippen molar-refractivity contribution in [1.82, 2.24) is 9.88 Å². The molecule has 1 atom stereocenters. The van der Waals surface area contributed by atoms with Gasteiger partial charge in [-0.15, -0.1) is 0 Å². The average Bonchev–Trinajstić information content (AvgIpc) is 3.16. The summed E-state index contributed by atoms with van der Waals surface area (Å²) in [5.74, 6) is -0.805. The van der Waals surface area contributed by atoms with Crippen molar-refractivity contribution in [3.05, 3.63) is 47.4 Å². The second kappa shape index (κ2) is 8.41. The van der Waals surface area contributed by atoms with E-state index in [0.717, 1.165) is 24.5 Å². The summed E-state index contributed by atoms with van der Waals surface area (Å²) in [6.45, 7) is 6.82. The molecule has 1 aromatic heterocycles. The zero-order valence-electron chi connectivity index (χ0n) is 18.4. The van der Waals surface area contributed by atoms with E-state index in [1.807, 2.05) is 26.8 Å². The zero-order valence-corrected chi connectivity index (χ0v) is 18.4. The van der Waals surface area contributed by atoms with Crippen LogP contribution in [0.15, 0.2) is 30.5 Å². The Labute approximate surface area is 186 Å². The fourth-order valence-corrected chi connectivity index (χ4v) is 4.22. The summed E-state index contributed by atoms with van der Waals surface area (Å²) < 4.78 is 26.0. The number of hydrogen-bond acceptors (Lipinski definition) is 5. The fourth-order valence-electron chi connectivity index (χ4n) is 4.22. The van der Waals surface area contributed by atoms with Crippen LogP contribution in [0.5, 0.6) is 5.75 Å². The van der Waals surface area contributed by atoms with Crippen LogP contribution in [-0.4, -0.2) is 51.8 Å². The van der Waals surface area contributed by atoms with Crippen LogP contribution in [0, 0.1) is 11.7 Å². The number of benzene rings is 1. The second-order valence-corrected chi connectivity index (χ2v) is 9.34. The first kappa shape index (κ1) is 22.0. The Morgan fingerprint density at radius 1 is 1.22 bits per heavy atom. The summed E-state index contributed by atoms with van der Waals surface area (Å²) in [7, 11) is 0. The van der Waals surface area contributed by atoms with E-state index < -0.39 is 17.4 Å². The van der Waals surface area contributed by atoms with E-state index in [0.29, 0.717) is 36.9 Å². The molecule has 7 nitrogen and oxygen atoms in total. The van der Waals surface area contributed by atoms with E-state index >= 15 is 0 Å². The number of pyridine rings is 1. The van der Waals surface area contributed by atoms with Crippen molar-refractivity contribution in [3.8, 4) is 17.0 Å². The summed E-state index contributed by atoms with van der Waals surface area (Å²) in [5, 5.41) is 9.02. The van der Waals surface area contributed by atoms with Gasteiger partial charge in [-0.25, -0.2) is 14.0 Å². The number of aromatic nitrogens is 1. The monoisotopic (exact) mass is 442 g/mol. The Hall–Kier alpha value is -3.16. The molecule has 0 aliphatic carbocycles. The van der Waals surface area contributed by atoms with Gasteiger partial charge in [-0.3, -0.25) is 4.98 Å². The van der Waals surface area contributed by atoms with Crippen LogP contribution in [0.2, 0.25) is 0 Å². The number of carbonyl (C=O) groups is 2. The minimum atomic E-state index is -1.17. The molecule has 0 spiro atoms. The maximum atomic E-state index is 14.4. The molecule has 8 heteroatoms. The third kappa shape index (κ3) is 4.69. The molecule has 32 heavy (non-hydrogen) atoms. The van der Waals surface area contributed by atoms with E-state index in [-0.39, 0.29) is 23.3 Å². The number of carboxylic acid groups (broad SMARTS) is 1. The third-order valence-electron chi connectivity index (χ3n) is 5.86. The van der Waals surface area contributed by atoms with Crippen molar-refractivity contribution >= 4 is 12.1 Å². The summed E-state index contributed by atoms with van der Waals surface area (Å²) in [5.41, 5.74) is 1.04. The lowest BCUT2D eigenvalue weighted by molar-refractivity contribution is 0.0123. The number of fused-ring (bicyclic) bond motifs is 1. The molecular formula is C24H27FN2O5. The molecule has 2 aliphatic heterocycles. The molecule has 1 saturated heterocycles. The number of nitrogens with zero attached hydrogens (tertiary/aromatic N) is 2. The van der Waals surface area contributed by atoms with Crippen LogP contribution in [0.25, 0.3) is 11.3 Å². The SMILES string of the molecule is CC(C)(C)OC(=O)N1CCC(C2Cc3cc(-c4ccc(C(=O)O)cc4F)ncc3O2)CC1. The Morgan fingerprint density at radius 3 is 2.56 bits per heavy atom. The number of halogens is 1. The highest BCUT2D eigenvalue weighted by atomic mass is 19.1. The fraction of sp³-hybridized carbons (Fsp3) is 0.458. The molecule has 0 bridgehead atoms. The van der Waals surface area contributed by atoms with Gasteiger partial charge in [0.1, 0.15) is 23.3 Å². The molecule has 2 aromatic rings. The van der Waals surface area contributed by atoms with Gasteiger partial charge >= 0.3 is 12.1 Å². The van der Waals surface area contributed by atoms with Crippen LogP contribution in [-0.2, 0) is 11.2 Å².